The zero-order valence-corrected chi connectivity index (χ0v) is 9.67. The molecule has 0 aromatic carbocycles. The Hall–Kier alpha value is -1.76. The minimum atomic E-state index is 0.00949. The van der Waals surface area contributed by atoms with Crippen LogP contribution in [-0.2, 0) is 11.2 Å². The number of amides is 1. The molecular weight excluding hydrogens is 204 g/mol. The second-order valence-corrected chi connectivity index (χ2v) is 3.61. The predicted octanol–water partition coefficient (Wildman–Crippen LogP) is 1.36. The standard InChI is InChI=1S/C12H16N2O2/c1-4-5-8-13-12(15)7-6-11-9(2)14-16-10(11)3/h1H,5-8H2,2-3H3,(H,13,15). The quantitative estimate of drug-likeness (QED) is 0.602. The second kappa shape index (κ2) is 5.96. The van der Waals surface area contributed by atoms with Crippen molar-refractivity contribution >= 4 is 5.91 Å². The van der Waals surface area contributed by atoms with E-state index in [2.05, 4.69) is 16.4 Å². The molecule has 0 saturated carbocycles. The molecule has 0 radical (unpaired) electrons. The first-order valence-corrected chi connectivity index (χ1v) is 5.27. The first-order chi connectivity index (χ1) is 7.65. The maximum Gasteiger partial charge on any atom is 0.220 e. The largest absolute Gasteiger partial charge is 0.361 e. The van der Waals surface area contributed by atoms with E-state index in [1.54, 1.807) is 0 Å². The monoisotopic (exact) mass is 220 g/mol. The smallest absolute Gasteiger partial charge is 0.220 e. The lowest BCUT2D eigenvalue weighted by Crippen LogP contribution is -2.24. The van der Waals surface area contributed by atoms with Crippen LogP contribution in [0.2, 0.25) is 0 Å². The summed E-state index contributed by atoms with van der Waals surface area (Å²) in [5.41, 5.74) is 1.88. The Morgan fingerprint density at radius 2 is 2.31 bits per heavy atom. The highest BCUT2D eigenvalue weighted by molar-refractivity contribution is 5.76. The number of nitrogens with one attached hydrogen (secondary N) is 1. The minimum Gasteiger partial charge on any atom is -0.361 e. The summed E-state index contributed by atoms with van der Waals surface area (Å²) in [5, 5.41) is 6.59. The average Bonchev–Trinajstić information content (AvgIpc) is 2.57. The summed E-state index contributed by atoms with van der Waals surface area (Å²) in [6, 6.07) is 0. The van der Waals surface area contributed by atoms with E-state index >= 15 is 0 Å². The Labute approximate surface area is 95.4 Å². The Morgan fingerprint density at radius 3 is 2.88 bits per heavy atom. The first-order valence-electron chi connectivity index (χ1n) is 5.27. The molecule has 16 heavy (non-hydrogen) atoms. The van der Waals surface area contributed by atoms with Gasteiger partial charge in [-0.2, -0.15) is 0 Å². The summed E-state index contributed by atoms with van der Waals surface area (Å²) in [7, 11) is 0. The first kappa shape index (κ1) is 12.3. The molecule has 0 bridgehead atoms. The van der Waals surface area contributed by atoms with Crippen LogP contribution >= 0.6 is 0 Å². The van der Waals surface area contributed by atoms with Crippen molar-refractivity contribution in [3.63, 3.8) is 0 Å². The Balaban J connectivity index is 2.35. The number of nitrogens with zero attached hydrogens (tertiary/aromatic N) is 1. The molecule has 1 aromatic heterocycles. The molecule has 0 unspecified atom stereocenters. The van der Waals surface area contributed by atoms with Crippen LogP contribution in [-0.4, -0.2) is 17.6 Å². The summed E-state index contributed by atoms with van der Waals surface area (Å²) in [5.74, 6) is 3.27. The third-order valence-corrected chi connectivity index (χ3v) is 2.37. The van der Waals surface area contributed by atoms with Gasteiger partial charge in [0.25, 0.3) is 0 Å². The van der Waals surface area contributed by atoms with Crippen LogP contribution in [0, 0.1) is 26.2 Å². The van der Waals surface area contributed by atoms with E-state index < -0.39 is 0 Å². The number of hydrogen-bond donors (Lipinski definition) is 1. The molecular formula is C12H16N2O2. The van der Waals surface area contributed by atoms with Crippen LogP contribution < -0.4 is 5.32 Å². The maximum atomic E-state index is 11.4. The van der Waals surface area contributed by atoms with Gasteiger partial charge in [-0.1, -0.05) is 5.16 Å². The minimum absolute atomic E-state index is 0.00949. The molecule has 86 valence electrons. The molecule has 1 amide bonds. The fourth-order valence-electron chi connectivity index (χ4n) is 1.46. The number of terminal acetylenes is 1. The summed E-state index contributed by atoms with van der Waals surface area (Å²) >= 11 is 0. The third-order valence-electron chi connectivity index (χ3n) is 2.37. The predicted molar refractivity (Wildman–Crippen MR) is 60.8 cm³/mol. The normalized spacial score (nSPS) is 9.81. The molecule has 1 N–H and O–H groups in total. The molecule has 0 aliphatic carbocycles. The van der Waals surface area contributed by atoms with Gasteiger partial charge in [0.15, 0.2) is 0 Å². The highest BCUT2D eigenvalue weighted by Crippen LogP contribution is 2.13. The molecule has 0 aliphatic heterocycles. The molecule has 4 nitrogen and oxygen atoms in total. The van der Waals surface area contributed by atoms with E-state index in [-0.39, 0.29) is 5.91 Å². The van der Waals surface area contributed by atoms with Crippen molar-refractivity contribution in [3.8, 4) is 12.3 Å². The van der Waals surface area contributed by atoms with E-state index in [1.807, 2.05) is 13.8 Å². The molecule has 0 aliphatic rings. The van der Waals surface area contributed by atoms with Gasteiger partial charge >= 0.3 is 0 Å². The molecule has 0 atom stereocenters. The van der Waals surface area contributed by atoms with Gasteiger partial charge in [0, 0.05) is 24.9 Å². The Bertz CT molecular complexity index is 382. The molecule has 0 fully saturated rings. The number of carbonyl (C=O) groups excluding carboxylic acids is 1. The van der Waals surface area contributed by atoms with Crippen molar-refractivity contribution in [1.82, 2.24) is 10.5 Å². The van der Waals surface area contributed by atoms with Gasteiger partial charge in [-0.15, -0.1) is 12.3 Å². The Morgan fingerprint density at radius 1 is 1.56 bits per heavy atom. The topological polar surface area (TPSA) is 55.1 Å². The van der Waals surface area contributed by atoms with Crippen molar-refractivity contribution in [3.05, 3.63) is 17.0 Å². The lowest BCUT2D eigenvalue weighted by Gasteiger charge is -2.02. The van der Waals surface area contributed by atoms with E-state index in [1.165, 1.54) is 0 Å². The van der Waals surface area contributed by atoms with Crippen LogP contribution in [0.15, 0.2) is 4.52 Å². The van der Waals surface area contributed by atoms with Crippen molar-refractivity contribution in [2.24, 2.45) is 0 Å². The third kappa shape index (κ3) is 3.43. The maximum absolute atomic E-state index is 11.4. The van der Waals surface area contributed by atoms with Crippen LogP contribution in [0.1, 0.15) is 29.9 Å². The van der Waals surface area contributed by atoms with Crippen molar-refractivity contribution in [1.29, 1.82) is 0 Å². The SMILES string of the molecule is C#CCCNC(=O)CCc1c(C)noc1C. The Kier molecular flexibility index (Phi) is 4.59. The van der Waals surface area contributed by atoms with Crippen molar-refractivity contribution < 1.29 is 9.32 Å². The van der Waals surface area contributed by atoms with Gasteiger partial charge in [0.2, 0.25) is 5.91 Å². The fourth-order valence-corrected chi connectivity index (χ4v) is 1.46. The molecule has 0 saturated heterocycles. The molecule has 1 aromatic rings. The lowest BCUT2D eigenvalue weighted by molar-refractivity contribution is -0.121. The molecule has 0 spiro atoms. The molecule has 4 heteroatoms. The van der Waals surface area contributed by atoms with E-state index in [0.29, 0.717) is 25.8 Å². The van der Waals surface area contributed by atoms with Crippen molar-refractivity contribution in [2.45, 2.75) is 33.1 Å². The van der Waals surface area contributed by atoms with Gasteiger partial charge in [0.05, 0.1) is 5.69 Å². The zero-order chi connectivity index (χ0) is 12.0. The van der Waals surface area contributed by atoms with E-state index in [9.17, 15) is 4.79 Å². The lowest BCUT2D eigenvalue weighted by atomic mass is 10.1. The van der Waals surface area contributed by atoms with Gasteiger partial charge in [-0.25, -0.2) is 0 Å². The fraction of sp³-hybridized carbons (Fsp3) is 0.500. The van der Waals surface area contributed by atoms with Gasteiger partial charge in [-0.3, -0.25) is 4.79 Å². The zero-order valence-electron chi connectivity index (χ0n) is 9.67. The second-order valence-electron chi connectivity index (χ2n) is 3.61. The highest BCUT2D eigenvalue weighted by Gasteiger charge is 2.10. The summed E-state index contributed by atoms with van der Waals surface area (Å²) in [6.07, 6.45) is 6.74. The van der Waals surface area contributed by atoms with Gasteiger partial charge < -0.3 is 9.84 Å². The number of rotatable bonds is 5. The van der Waals surface area contributed by atoms with Crippen LogP contribution in [0.25, 0.3) is 0 Å². The number of carbonyl (C=O) groups is 1. The number of aryl methyl sites for hydroxylation is 2. The number of hydrogen-bond acceptors (Lipinski definition) is 3. The summed E-state index contributed by atoms with van der Waals surface area (Å²) < 4.78 is 5.02. The molecule has 1 rings (SSSR count). The average molecular weight is 220 g/mol. The molecule has 1 heterocycles. The highest BCUT2D eigenvalue weighted by atomic mass is 16.5. The van der Waals surface area contributed by atoms with Crippen molar-refractivity contribution in [2.75, 3.05) is 6.54 Å². The van der Waals surface area contributed by atoms with Gasteiger partial charge in [-0.05, 0) is 20.3 Å². The van der Waals surface area contributed by atoms with E-state index in [4.69, 9.17) is 10.9 Å². The van der Waals surface area contributed by atoms with Gasteiger partial charge in [0.1, 0.15) is 5.76 Å². The van der Waals surface area contributed by atoms with Crippen LogP contribution in [0.3, 0.4) is 0 Å². The summed E-state index contributed by atoms with van der Waals surface area (Å²) in [4.78, 5) is 11.4. The van der Waals surface area contributed by atoms with Crippen LogP contribution in [0.5, 0.6) is 0 Å². The van der Waals surface area contributed by atoms with E-state index in [0.717, 1.165) is 17.0 Å². The van der Waals surface area contributed by atoms with Crippen LogP contribution in [0.4, 0.5) is 0 Å². The summed E-state index contributed by atoms with van der Waals surface area (Å²) in [6.45, 7) is 4.27. The number of aromatic nitrogens is 1.